The molecular formula is C12H20N2O5. The highest BCUT2D eigenvalue weighted by atomic mass is 16.6. The van der Waals surface area contributed by atoms with Crippen LogP contribution < -0.4 is 0 Å². The summed E-state index contributed by atoms with van der Waals surface area (Å²) >= 11 is 0. The van der Waals surface area contributed by atoms with Crippen molar-refractivity contribution in [3.63, 3.8) is 0 Å². The van der Waals surface area contributed by atoms with E-state index in [0.29, 0.717) is 6.29 Å². The van der Waals surface area contributed by atoms with E-state index in [-0.39, 0.29) is 37.3 Å². The molecule has 1 atom stereocenters. The van der Waals surface area contributed by atoms with Crippen molar-refractivity contribution in [3.05, 3.63) is 10.1 Å². The molecule has 1 aliphatic rings. The summed E-state index contributed by atoms with van der Waals surface area (Å²) in [5, 5.41) is 11.2. The number of ether oxygens (including phenoxy) is 1. The van der Waals surface area contributed by atoms with Gasteiger partial charge in [0, 0.05) is 30.7 Å². The highest BCUT2D eigenvalue weighted by Crippen LogP contribution is 2.30. The molecule has 0 N–H and O–H groups in total. The van der Waals surface area contributed by atoms with Gasteiger partial charge in [0.05, 0.1) is 6.54 Å². The fourth-order valence-electron chi connectivity index (χ4n) is 2.11. The summed E-state index contributed by atoms with van der Waals surface area (Å²) in [5.41, 5.74) is -1.84. The Kier molecular flexibility index (Phi) is 4.49. The van der Waals surface area contributed by atoms with Gasteiger partial charge >= 0.3 is 6.09 Å². The normalized spacial score (nSPS) is 23.2. The zero-order valence-corrected chi connectivity index (χ0v) is 11.5. The van der Waals surface area contributed by atoms with Crippen molar-refractivity contribution < 1.29 is 19.2 Å². The molecule has 1 heterocycles. The molecule has 0 spiro atoms. The van der Waals surface area contributed by atoms with Crippen LogP contribution in [0, 0.1) is 10.1 Å². The van der Waals surface area contributed by atoms with Crippen LogP contribution in [0.25, 0.3) is 0 Å². The first-order valence-electron chi connectivity index (χ1n) is 6.26. The predicted octanol–water partition coefficient (Wildman–Crippen LogP) is 1.62. The number of likely N-dealkylation sites (tertiary alicyclic amines) is 1. The Morgan fingerprint density at radius 1 is 1.53 bits per heavy atom. The van der Waals surface area contributed by atoms with Crippen molar-refractivity contribution in [1.29, 1.82) is 0 Å². The molecule has 0 aromatic carbocycles. The molecule has 0 aliphatic carbocycles. The van der Waals surface area contributed by atoms with Crippen LogP contribution in [0.15, 0.2) is 0 Å². The van der Waals surface area contributed by atoms with Crippen LogP contribution in [0.3, 0.4) is 0 Å². The Morgan fingerprint density at radius 2 is 2.16 bits per heavy atom. The van der Waals surface area contributed by atoms with Crippen LogP contribution in [0.5, 0.6) is 0 Å². The van der Waals surface area contributed by atoms with Gasteiger partial charge in [-0.15, -0.1) is 0 Å². The maximum atomic E-state index is 11.9. The summed E-state index contributed by atoms with van der Waals surface area (Å²) < 4.78 is 5.19. The van der Waals surface area contributed by atoms with Crippen LogP contribution in [0.4, 0.5) is 4.79 Å². The van der Waals surface area contributed by atoms with E-state index in [1.54, 1.807) is 20.8 Å². The first kappa shape index (κ1) is 15.4. The van der Waals surface area contributed by atoms with Gasteiger partial charge in [-0.3, -0.25) is 10.1 Å². The Bertz CT molecular complexity index is 377. The summed E-state index contributed by atoms with van der Waals surface area (Å²) in [6.07, 6.45) is 0.669. The number of aldehydes is 1. The van der Waals surface area contributed by atoms with Crippen molar-refractivity contribution in [2.45, 2.75) is 51.2 Å². The maximum absolute atomic E-state index is 11.9. The van der Waals surface area contributed by atoms with Gasteiger partial charge in [-0.2, -0.15) is 0 Å². The third-order valence-electron chi connectivity index (χ3n) is 3.10. The van der Waals surface area contributed by atoms with E-state index in [1.165, 1.54) is 4.90 Å². The average Bonchev–Trinajstić information content (AvgIpc) is 2.69. The molecule has 0 saturated carbocycles. The predicted molar refractivity (Wildman–Crippen MR) is 67.4 cm³/mol. The van der Waals surface area contributed by atoms with Gasteiger partial charge in [-0.25, -0.2) is 4.79 Å². The minimum atomic E-state index is -1.21. The number of hydrogen-bond donors (Lipinski definition) is 0. The number of amides is 1. The summed E-state index contributed by atoms with van der Waals surface area (Å²) in [4.78, 5) is 34.4. The van der Waals surface area contributed by atoms with Crippen molar-refractivity contribution in [1.82, 2.24) is 4.90 Å². The van der Waals surface area contributed by atoms with E-state index in [4.69, 9.17) is 4.74 Å². The molecule has 1 fully saturated rings. The van der Waals surface area contributed by atoms with Gasteiger partial charge in [0.15, 0.2) is 0 Å². The molecular weight excluding hydrogens is 252 g/mol. The van der Waals surface area contributed by atoms with Crippen molar-refractivity contribution in [2.24, 2.45) is 0 Å². The smallest absolute Gasteiger partial charge is 0.410 e. The van der Waals surface area contributed by atoms with Gasteiger partial charge in [-0.05, 0) is 20.8 Å². The standard InChI is InChI=1S/C12H20N2O5/c1-11(2,3)19-10(16)13-7-6-12(9-13,14(17)18)5-4-8-15/h8H,4-7,9H2,1-3H3/t12-/m1/s1. The second-order valence-electron chi connectivity index (χ2n) is 5.84. The van der Waals surface area contributed by atoms with Crippen LogP contribution in [-0.2, 0) is 9.53 Å². The molecule has 0 unspecified atom stereocenters. The lowest BCUT2D eigenvalue weighted by Crippen LogP contribution is -2.43. The van der Waals surface area contributed by atoms with Crippen LogP contribution >= 0.6 is 0 Å². The van der Waals surface area contributed by atoms with Gasteiger partial charge < -0.3 is 14.4 Å². The Labute approximate surface area is 112 Å². The number of hydrogen-bond acceptors (Lipinski definition) is 5. The zero-order valence-electron chi connectivity index (χ0n) is 11.5. The van der Waals surface area contributed by atoms with Crippen molar-refractivity contribution >= 4 is 12.4 Å². The molecule has 19 heavy (non-hydrogen) atoms. The molecule has 1 saturated heterocycles. The lowest BCUT2D eigenvalue weighted by atomic mass is 9.94. The highest BCUT2D eigenvalue weighted by Gasteiger charge is 2.50. The molecule has 7 heteroatoms. The SMILES string of the molecule is CC(C)(C)OC(=O)N1CC[C@@](CCC=O)([N+](=O)[O-])C1. The van der Waals surface area contributed by atoms with Crippen molar-refractivity contribution in [2.75, 3.05) is 13.1 Å². The quantitative estimate of drug-likeness (QED) is 0.440. The molecule has 0 aromatic heterocycles. The summed E-state index contributed by atoms with van der Waals surface area (Å²) in [7, 11) is 0. The fraction of sp³-hybridized carbons (Fsp3) is 0.833. The lowest BCUT2D eigenvalue weighted by Gasteiger charge is -2.25. The van der Waals surface area contributed by atoms with E-state index < -0.39 is 17.2 Å². The number of carbonyl (C=O) groups is 2. The van der Waals surface area contributed by atoms with Gasteiger partial charge in [0.1, 0.15) is 11.9 Å². The highest BCUT2D eigenvalue weighted by molar-refractivity contribution is 5.68. The molecule has 1 aliphatic heterocycles. The van der Waals surface area contributed by atoms with E-state index in [0.717, 1.165) is 0 Å². The molecule has 0 radical (unpaired) electrons. The summed E-state index contributed by atoms with van der Waals surface area (Å²) in [6.45, 7) is 5.52. The second-order valence-corrected chi connectivity index (χ2v) is 5.84. The Hall–Kier alpha value is -1.66. The van der Waals surface area contributed by atoms with Crippen LogP contribution in [0.1, 0.15) is 40.0 Å². The lowest BCUT2D eigenvalue weighted by molar-refractivity contribution is -0.566. The summed E-state index contributed by atoms with van der Waals surface area (Å²) in [5.74, 6) is 0. The Morgan fingerprint density at radius 3 is 2.63 bits per heavy atom. The number of rotatable bonds is 4. The maximum Gasteiger partial charge on any atom is 0.410 e. The number of carbonyl (C=O) groups excluding carboxylic acids is 2. The van der Waals surface area contributed by atoms with E-state index in [1.807, 2.05) is 0 Å². The monoisotopic (exact) mass is 272 g/mol. The van der Waals surface area contributed by atoms with E-state index in [2.05, 4.69) is 0 Å². The van der Waals surface area contributed by atoms with Gasteiger partial charge in [0.25, 0.3) is 0 Å². The molecule has 0 aromatic rings. The molecule has 1 rings (SSSR count). The molecule has 108 valence electrons. The minimum absolute atomic E-state index is 0.00273. The fourth-order valence-corrected chi connectivity index (χ4v) is 2.11. The number of nitrogens with zero attached hydrogens (tertiary/aromatic N) is 2. The molecule has 7 nitrogen and oxygen atoms in total. The molecule has 1 amide bonds. The third kappa shape index (κ3) is 3.90. The first-order chi connectivity index (χ1) is 8.70. The topological polar surface area (TPSA) is 89.8 Å². The largest absolute Gasteiger partial charge is 0.444 e. The Balaban J connectivity index is 2.71. The first-order valence-corrected chi connectivity index (χ1v) is 6.26. The van der Waals surface area contributed by atoms with E-state index >= 15 is 0 Å². The third-order valence-corrected chi connectivity index (χ3v) is 3.10. The van der Waals surface area contributed by atoms with Gasteiger partial charge in [-0.1, -0.05) is 0 Å². The minimum Gasteiger partial charge on any atom is -0.444 e. The second kappa shape index (κ2) is 5.54. The van der Waals surface area contributed by atoms with Crippen LogP contribution in [-0.4, -0.2) is 46.4 Å². The summed E-state index contributed by atoms with van der Waals surface area (Å²) in [6, 6.07) is 0. The molecule has 0 bridgehead atoms. The van der Waals surface area contributed by atoms with Crippen molar-refractivity contribution in [3.8, 4) is 0 Å². The van der Waals surface area contributed by atoms with Gasteiger partial charge in [0.2, 0.25) is 5.54 Å². The zero-order chi connectivity index (χ0) is 14.7. The van der Waals surface area contributed by atoms with Crippen LogP contribution in [0.2, 0.25) is 0 Å². The van der Waals surface area contributed by atoms with E-state index in [9.17, 15) is 19.7 Å². The average molecular weight is 272 g/mol. The number of nitro groups is 1.